The van der Waals surface area contributed by atoms with Crippen molar-refractivity contribution in [1.29, 1.82) is 0 Å². The van der Waals surface area contributed by atoms with Crippen LogP contribution >= 0.6 is 24.0 Å². The number of fused-ring (bicyclic) bond motifs is 1. The molecule has 1 aromatic heterocycles. The minimum absolute atomic E-state index is 0. The molecule has 0 aliphatic carbocycles. The van der Waals surface area contributed by atoms with E-state index in [4.69, 9.17) is 9.73 Å². The molecule has 1 saturated heterocycles. The van der Waals surface area contributed by atoms with Crippen LogP contribution in [0.15, 0.2) is 4.99 Å². The summed E-state index contributed by atoms with van der Waals surface area (Å²) in [6, 6.07) is 0.320. The Labute approximate surface area is 196 Å². The summed E-state index contributed by atoms with van der Waals surface area (Å²) in [4.78, 5) is 18.1. The van der Waals surface area contributed by atoms with Crippen molar-refractivity contribution in [3.05, 3.63) is 11.6 Å². The lowest BCUT2D eigenvalue weighted by Crippen LogP contribution is -2.49. The van der Waals surface area contributed by atoms with Gasteiger partial charge in [0.05, 0.1) is 7.11 Å². The summed E-state index contributed by atoms with van der Waals surface area (Å²) in [5.74, 6) is 3.10. The first-order valence-electron chi connectivity index (χ1n) is 11.0. The molecular formula is C20H36IN7O2. The molecule has 170 valence electrons. The highest BCUT2D eigenvalue weighted by atomic mass is 127. The van der Waals surface area contributed by atoms with Gasteiger partial charge in [-0.2, -0.15) is 0 Å². The first-order valence-corrected chi connectivity index (χ1v) is 11.0. The number of rotatable bonds is 6. The van der Waals surface area contributed by atoms with E-state index in [0.29, 0.717) is 19.1 Å². The number of methoxy groups -OCH3 is 1. The number of halogens is 1. The maximum atomic E-state index is 11.6. The average Bonchev–Trinajstić information content (AvgIpc) is 2.97. The van der Waals surface area contributed by atoms with Crippen LogP contribution in [0.1, 0.15) is 57.1 Å². The maximum Gasteiger partial charge on any atom is 0.409 e. The van der Waals surface area contributed by atoms with Gasteiger partial charge in [-0.3, -0.25) is 4.99 Å². The summed E-state index contributed by atoms with van der Waals surface area (Å²) in [5.41, 5.74) is 0. The summed E-state index contributed by atoms with van der Waals surface area (Å²) in [5, 5.41) is 15.6. The van der Waals surface area contributed by atoms with E-state index >= 15 is 0 Å². The largest absolute Gasteiger partial charge is 0.453 e. The summed E-state index contributed by atoms with van der Waals surface area (Å²) in [6.07, 6.45) is 8.19. The Morgan fingerprint density at radius 3 is 2.73 bits per heavy atom. The maximum absolute atomic E-state index is 11.6. The summed E-state index contributed by atoms with van der Waals surface area (Å²) >= 11 is 0. The van der Waals surface area contributed by atoms with Gasteiger partial charge in [0.15, 0.2) is 5.96 Å². The highest BCUT2D eigenvalue weighted by Gasteiger charge is 2.23. The molecule has 3 heterocycles. The zero-order valence-corrected chi connectivity index (χ0v) is 20.6. The number of carbonyl (C=O) groups is 1. The quantitative estimate of drug-likeness (QED) is 0.252. The van der Waals surface area contributed by atoms with Gasteiger partial charge in [-0.1, -0.05) is 6.42 Å². The highest BCUT2D eigenvalue weighted by molar-refractivity contribution is 14.0. The van der Waals surface area contributed by atoms with E-state index in [2.05, 4.69) is 32.3 Å². The summed E-state index contributed by atoms with van der Waals surface area (Å²) in [7, 11) is 1.43. The van der Waals surface area contributed by atoms with Gasteiger partial charge in [-0.05, 0) is 39.0 Å². The number of guanidine groups is 1. The van der Waals surface area contributed by atoms with Gasteiger partial charge in [-0.25, -0.2) is 4.79 Å². The van der Waals surface area contributed by atoms with Gasteiger partial charge in [0.25, 0.3) is 0 Å². The Bertz CT molecular complexity index is 687. The Balaban J connectivity index is 0.00000320. The molecule has 1 aromatic rings. The molecule has 0 radical (unpaired) electrons. The lowest BCUT2D eigenvalue weighted by atomic mass is 10.1. The summed E-state index contributed by atoms with van der Waals surface area (Å²) < 4.78 is 7.12. The van der Waals surface area contributed by atoms with Crippen molar-refractivity contribution < 1.29 is 9.53 Å². The van der Waals surface area contributed by atoms with E-state index in [0.717, 1.165) is 69.3 Å². The van der Waals surface area contributed by atoms with Crippen LogP contribution in [-0.2, 0) is 24.1 Å². The number of aryl methyl sites for hydroxylation is 2. The van der Waals surface area contributed by atoms with Gasteiger partial charge < -0.3 is 24.8 Å². The molecule has 2 aliphatic heterocycles. The van der Waals surface area contributed by atoms with Crippen LogP contribution in [0.3, 0.4) is 0 Å². The predicted molar refractivity (Wildman–Crippen MR) is 127 cm³/mol. The fourth-order valence-corrected chi connectivity index (χ4v) is 4.01. The first-order chi connectivity index (χ1) is 14.2. The topological polar surface area (TPSA) is 96.7 Å². The van der Waals surface area contributed by atoms with Crippen molar-refractivity contribution in [2.45, 2.75) is 70.9 Å². The number of ether oxygens (including phenoxy) is 1. The zero-order chi connectivity index (χ0) is 20.5. The molecule has 0 unspecified atom stereocenters. The molecule has 0 bridgehead atoms. The van der Waals surface area contributed by atoms with Crippen LogP contribution in [0, 0.1) is 0 Å². The minimum atomic E-state index is -0.240. The normalized spacial score (nSPS) is 17.5. The van der Waals surface area contributed by atoms with Crippen LogP contribution in [0.5, 0.6) is 0 Å². The second-order valence-electron chi connectivity index (χ2n) is 7.73. The van der Waals surface area contributed by atoms with Crippen LogP contribution < -0.4 is 10.6 Å². The van der Waals surface area contributed by atoms with Gasteiger partial charge in [0, 0.05) is 51.6 Å². The first kappa shape index (κ1) is 24.7. The number of amides is 1. The van der Waals surface area contributed by atoms with E-state index in [9.17, 15) is 4.79 Å². The second kappa shape index (κ2) is 13.0. The van der Waals surface area contributed by atoms with Crippen molar-refractivity contribution in [2.75, 3.05) is 33.3 Å². The number of carbonyl (C=O) groups excluding carboxylic acids is 1. The van der Waals surface area contributed by atoms with Crippen molar-refractivity contribution in [2.24, 2.45) is 4.99 Å². The van der Waals surface area contributed by atoms with Crippen LogP contribution in [0.4, 0.5) is 4.79 Å². The molecule has 0 atom stereocenters. The van der Waals surface area contributed by atoms with Crippen molar-refractivity contribution in [3.63, 3.8) is 0 Å². The number of nitrogens with zero attached hydrogens (tertiary/aromatic N) is 5. The van der Waals surface area contributed by atoms with Gasteiger partial charge >= 0.3 is 6.09 Å². The van der Waals surface area contributed by atoms with E-state index < -0.39 is 0 Å². The smallest absolute Gasteiger partial charge is 0.409 e. The fourth-order valence-electron chi connectivity index (χ4n) is 4.01. The third-order valence-electron chi connectivity index (χ3n) is 5.63. The zero-order valence-electron chi connectivity index (χ0n) is 18.2. The average molecular weight is 533 g/mol. The molecule has 10 heteroatoms. The lowest BCUT2D eigenvalue weighted by molar-refractivity contribution is 0.111. The van der Waals surface area contributed by atoms with E-state index in [1.807, 2.05) is 0 Å². The molecular weight excluding hydrogens is 497 g/mol. The van der Waals surface area contributed by atoms with Crippen molar-refractivity contribution >= 4 is 36.0 Å². The SMILES string of the molecule is CCNC(=NCCCc1nnc2n1CCCCC2)NC1CCN(C(=O)OC)CC1.I. The number of hydrogen-bond acceptors (Lipinski definition) is 5. The molecule has 1 amide bonds. The Kier molecular flexibility index (Phi) is 10.7. The standard InChI is InChI=1S/C20H35N7O2.HI/c1-3-21-19(23-16-10-14-26(15-11-16)20(28)29-2)22-12-7-9-18-25-24-17-8-5-4-6-13-27(17)18;/h16H,3-15H2,1-2H3,(H2,21,22,23);1H. The van der Waals surface area contributed by atoms with Gasteiger partial charge in [0.1, 0.15) is 11.6 Å². The van der Waals surface area contributed by atoms with E-state index in [-0.39, 0.29) is 30.1 Å². The third-order valence-corrected chi connectivity index (χ3v) is 5.63. The van der Waals surface area contributed by atoms with Gasteiger partial charge in [0.2, 0.25) is 0 Å². The second-order valence-corrected chi connectivity index (χ2v) is 7.73. The van der Waals surface area contributed by atoms with E-state index in [1.54, 1.807) is 4.90 Å². The number of aliphatic imine (C=N–C) groups is 1. The fraction of sp³-hybridized carbons (Fsp3) is 0.800. The van der Waals surface area contributed by atoms with Crippen LogP contribution in [0.25, 0.3) is 0 Å². The van der Waals surface area contributed by atoms with Crippen LogP contribution in [0.2, 0.25) is 0 Å². The van der Waals surface area contributed by atoms with Crippen LogP contribution in [-0.4, -0.2) is 71.0 Å². The molecule has 30 heavy (non-hydrogen) atoms. The van der Waals surface area contributed by atoms with E-state index in [1.165, 1.54) is 26.4 Å². The van der Waals surface area contributed by atoms with Crippen molar-refractivity contribution in [3.8, 4) is 0 Å². The molecule has 2 N–H and O–H groups in total. The molecule has 3 rings (SSSR count). The Hall–Kier alpha value is -1.59. The molecule has 0 spiro atoms. The third kappa shape index (κ3) is 6.98. The van der Waals surface area contributed by atoms with Gasteiger partial charge in [-0.15, -0.1) is 34.2 Å². The number of aromatic nitrogens is 3. The molecule has 1 fully saturated rings. The number of piperidine rings is 1. The molecule has 0 saturated carbocycles. The minimum Gasteiger partial charge on any atom is -0.453 e. The van der Waals surface area contributed by atoms with Crippen molar-refractivity contribution in [1.82, 2.24) is 30.3 Å². The Morgan fingerprint density at radius 2 is 2.00 bits per heavy atom. The Morgan fingerprint density at radius 1 is 1.20 bits per heavy atom. The monoisotopic (exact) mass is 533 g/mol. The molecule has 0 aromatic carbocycles. The lowest BCUT2D eigenvalue weighted by Gasteiger charge is -2.32. The highest BCUT2D eigenvalue weighted by Crippen LogP contribution is 2.15. The molecule has 9 nitrogen and oxygen atoms in total. The number of nitrogens with one attached hydrogen (secondary N) is 2. The number of likely N-dealkylation sites (tertiary alicyclic amines) is 1. The molecule has 2 aliphatic rings. The summed E-state index contributed by atoms with van der Waals surface area (Å²) in [6.45, 7) is 6.12. The number of hydrogen-bond donors (Lipinski definition) is 2. The predicted octanol–water partition coefficient (Wildman–Crippen LogP) is 2.34.